The summed E-state index contributed by atoms with van der Waals surface area (Å²) in [5.74, 6) is 1.87. The molecule has 3 N–H and O–H groups in total. The molecule has 2 aliphatic rings. The Morgan fingerprint density at radius 2 is 1.83 bits per heavy atom. The summed E-state index contributed by atoms with van der Waals surface area (Å²) in [5.41, 5.74) is 6.13. The second kappa shape index (κ2) is 8.49. The molecule has 0 heterocycles. The van der Waals surface area contributed by atoms with E-state index in [1.165, 1.54) is 19.3 Å². The van der Waals surface area contributed by atoms with Gasteiger partial charge in [-0.05, 0) is 49.7 Å². The third-order valence-electron chi connectivity index (χ3n) is 5.18. The maximum atomic E-state index is 12.1. The lowest BCUT2D eigenvalue weighted by molar-refractivity contribution is -0.128. The number of carbonyl (C=O) groups excluding carboxylic acids is 1. The molecule has 0 spiro atoms. The van der Waals surface area contributed by atoms with Crippen LogP contribution >= 0.6 is 0 Å². The van der Waals surface area contributed by atoms with E-state index in [1.54, 1.807) is 0 Å². The molecular formula is C19H28N2O3. The van der Waals surface area contributed by atoms with Gasteiger partial charge in [0.15, 0.2) is 0 Å². The van der Waals surface area contributed by atoms with Crippen LogP contribution in [0.1, 0.15) is 32.1 Å². The van der Waals surface area contributed by atoms with E-state index in [1.807, 2.05) is 30.3 Å². The molecule has 2 aliphatic carbocycles. The second-order valence-electron chi connectivity index (χ2n) is 6.99. The number of fused-ring (bicyclic) bond motifs is 2. The molecule has 5 nitrogen and oxygen atoms in total. The lowest BCUT2D eigenvalue weighted by Gasteiger charge is -2.45. The first-order chi connectivity index (χ1) is 11.7. The molecule has 0 aromatic heterocycles. The normalized spacial score (nSPS) is 29.0. The molecule has 2 bridgehead atoms. The van der Waals surface area contributed by atoms with Crippen LogP contribution in [0.2, 0.25) is 0 Å². The fraction of sp³-hybridized carbons (Fsp3) is 0.632. The first-order valence-electron chi connectivity index (χ1n) is 9.03. The van der Waals surface area contributed by atoms with E-state index in [2.05, 4.69) is 5.32 Å². The van der Waals surface area contributed by atoms with Crippen molar-refractivity contribution in [1.29, 1.82) is 0 Å². The number of carbonyl (C=O) groups is 1. The fourth-order valence-electron chi connectivity index (χ4n) is 4.15. The maximum absolute atomic E-state index is 12.1. The predicted molar refractivity (Wildman–Crippen MR) is 92.7 cm³/mol. The van der Waals surface area contributed by atoms with Crippen LogP contribution < -0.4 is 15.8 Å². The van der Waals surface area contributed by atoms with Crippen molar-refractivity contribution in [2.45, 2.75) is 44.2 Å². The summed E-state index contributed by atoms with van der Waals surface area (Å²) in [4.78, 5) is 12.1. The zero-order valence-corrected chi connectivity index (χ0v) is 14.2. The number of para-hydroxylation sites is 1. The highest BCUT2D eigenvalue weighted by Gasteiger charge is 2.39. The van der Waals surface area contributed by atoms with E-state index < -0.39 is 0 Å². The highest BCUT2D eigenvalue weighted by molar-refractivity contribution is 5.77. The van der Waals surface area contributed by atoms with Crippen LogP contribution in [0.3, 0.4) is 0 Å². The number of benzene rings is 1. The topological polar surface area (TPSA) is 73.6 Å². The summed E-state index contributed by atoms with van der Waals surface area (Å²) in [6.45, 7) is 0.950. The molecule has 2 saturated carbocycles. The molecule has 0 saturated heterocycles. The molecule has 2 fully saturated rings. The predicted octanol–water partition coefficient (Wildman–Crippen LogP) is 2.10. The molecule has 1 aromatic carbocycles. The first-order valence-corrected chi connectivity index (χ1v) is 9.03. The lowest BCUT2D eigenvalue weighted by Crippen LogP contribution is -2.54. The second-order valence-corrected chi connectivity index (χ2v) is 6.99. The van der Waals surface area contributed by atoms with Gasteiger partial charge in [-0.25, -0.2) is 0 Å². The Kier molecular flexibility index (Phi) is 6.10. The van der Waals surface area contributed by atoms with Crippen molar-refractivity contribution in [1.82, 2.24) is 5.32 Å². The minimum absolute atomic E-state index is 0.0212. The quantitative estimate of drug-likeness (QED) is 0.750. The molecule has 5 heteroatoms. The van der Waals surface area contributed by atoms with E-state index in [0.717, 1.165) is 18.6 Å². The van der Waals surface area contributed by atoms with Crippen molar-refractivity contribution in [3.8, 4) is 5.75 Å². The van der Waals surface area contributed by atoms with Gasteiger partial charge in [-0.3, -0.25) is 4.79 Å². The largest absolute Gasteiger partial charge is 0.491 e. The zero-order valence-electron chi connectivity index (χ0n) is 14.2. The third kappa shape index (κ3) is 4.71. The van der Waals surface area contributed by atoms with Gasteiger partial charge >= 0.3 is 0 Å². The third-order valence-corrected chi connectivity index (χ3v) is 5.18. The van der Waals surface area contributed by atoms with Crippen molar-refractivity contribution in [2.24, 2.45) is 17.6 Å². The van der Waals surface area contributed by atoms with Gasteiger partial charge in [-0.1, -0.05) is 24.6 Å². The highest BCUT2D eigenvalue weighted by Crippen LogP contribution is 2.39. The van der Waals surface area contributed by atoms with Crippen LogP contribution in [-0.4, -0.2) is 37.8 Å². The van der Waals surface area contributed by atoms with Crippen molar-refractivity contribution in [2.75, 3.05) is 19.8 Å². The van der Waals surface area contributed by atoms with Crippen molar-refractivity contribution < 1.29 is 14.3 Å². The summed E-state index contributed by atoms with van der Waals surface area (Å²) in [7, 11) is 0. The van der Waals surface area contributed by atoms with Gasteiger partial charge in [-0.15, -0.1) is 0 Å². The van der Waals surface area contributed by atoms with Gasteiger partial charge in [0.25, 0.3) is 0 Å². The van der Waals surface area contributed by atoms with Gasteiger partial charge < -0.3 is 20.5 Å². The molecule has 1 aromatic rings. The summed E-state index contributed by atoms with van der Waals surface area (Å²) in [6, 6.07) is 10.2. The average Bonchev–Trinajstić information content (AvgIpc) is 2.56. The molecule has 2 unspecified atom stereocenters. The number of nitrogens with one attached hydrogen (secondary N) is 1. The Bertz CT molecular complexity index is 509. The minimum atomic E-state index is -0.0212. The lowest BCUT2D eigenvalue weighted by atomic mass is 9.67. The van der Waals surface area contributed by atoms with Gasteiger partial charge in [0, 0.05) is 12.1 Å². The fourth-order valence-corrected chi connectivity index (χ4v) is 4.15. The SMILES string of the molecule is NC1CC2CCCC(C1)C2NC(=O)COCCOc1ccccc1. The highest BCUT2D eigenvalue weighted by atomic mass is 16.5. The van der Waals surface area contributed by atoms with Gasteiger partial charge in [0.05, 0.1) is 6.61 Å². The number of hydrogen-bond acceptors (Lipinski definition) is 4. The van der Waals surface area contributed by atoms with Crippen LogP contribution in [-0.2, 0) is 9.53 Å². The Balaban J connectivity index is 1.34. The van der Waals surface area contributed by atoms with E-state index in [9.17, 15) is 4.79 Å². The monoisotopic (exact) mass is 332 g/mol. The van der Waals surface area contributed by atoms with Gasteiger partial charge in [-0.2, -0.15) is 0 Å². The molecule has 1 amide bonds. The molecule has 2 atom stereocenters. The van der Waals surface area contributed by atoms with Crippen LogP contribution in [0.4, 0.5) is 0 Å². The molecular weight excluding hydrogens is 304 g/mol. The van der Waals surface area contributed by atoms with Crippen LogP contribution in [0, 0.1) is 11.8 Å². The Morgan fingerprint density at radius 1 is 1.12 bits per heavy atom. The van der Waals surface area contributed by atoms with E-state index >= 15 is 0 Å². The maximum Gasteiger partial charge on any atom is 0.246 e. The molecule has 0 aliphatic heterocycles. The Morgan fingerprint density at radius 3 is 2.54 bits per heavy atom. The van der Waals surface area contributed by atoms with Crippen molar-refractivity contribution in [3.05, 3.63) is 30.3 Å². The van der Waals surface area contributed by atoms with Crippen LogP contribution in [0.25, 0.3) is 0 Å². The molecule has 24 heavy (non-hydrogen) atoms. The number of nitrogens with two attached hydrogens (primary N) is 1. The Labute approximate surface area is 143 Å². The first kappa shape index (κ1) is 17.2. The Hall–Kier alpha value is -1.59. The zero-order chi connectivity index (χ0) is 16.8. The standard InChI is InChI=1S/C19H28N2O3/c20-16-11-14-5-4-6-15(12-16)19(14)21-18(22)13-23-9-10-24-17-7-2-1-3-8-17/h1-3,7-8,14-16,19H,4-6,9-13,20H2,(H,21,22). The van der Waals surface area contributed by atoms with Gasteiger partial charge in [0.2, 0.25) is 5.91 Å². The van der Waals surface area contributed by atoms with E-state index in [0.29, 0.717) is 31.1 Å². The van der Waals surface area contributed by atoms with Crippen molar-refractivity contribution in [3.63, 3.8) is 0 Å². The summed E-state index contributed by atoms with van der Waals surface area (Å²) in [6.07, 6.45) is 5.70. The molecule has 0 radical (unpaired) electrons. The number of hydrogen-bond donors (Lipinski definition) is 2. The van der Waals surface area contributed by atoms with E-state index in [-0.39, 0.29) is 18.6 Å². The summed E-state index contributed by atoms with van der Waals surface area (Å²) in [5, 5.41) is 3.19. The van der Waals surface area contributed by atoms with Crippen molar-refractivity contribution >= 4 is 5.91 Å². The number of rotatable bonds is 7. The van der Waals surface area contributed by atoms with E-state index in [4.69, 9.17) is 15.2 Å². The molecule has 3 rings (SSSR count). The smallest absolute Gasteiger partial charge is 0.246 e. The number of amides is 1. The minimum Gasteiger partial charge on any atom is -0.491 e. The van der Waals surface area contributed by atoms with Gasteiger partial charge in [0.1, 0.15) is 19.0 Å². The summed E-state index contributed by atoms with van der Waals surface area (Å²) >= 11 is 0. The number of ether oxygens (including phenoxy) is 2. The summed E-state index contributed by atoms with van der Waals surface area (Å²) < 4.78 is 11.0. The average molecular weight is 332 g/mol. The van der Waals surface area contributed by atoms with Crippen LogP contribution in [0.15, 0.2) is 30.3 Å². The molecule has 132 valence electrons. The van der Waals surface area contributed by atoms with Crippen LogP contribution in [0.5, 0.6) is 5.75 Å².